The third-order valence-electron chi connectivity index (χ3n) is 6.73. The minimum Gasteiger partial charge on any atom is -0.370 e. The number of halogens is 2. The van der Waals surface area contributed by atoms with E-state index in [0.29, 0.717) is 16.9 Å². The fraction of sp³-hybridized carbons (Fsp3) is 0.308. The lowest BCUT2D eigenvalue weighted by Crippen LogP contribution is -2.56. The molecule has 0 atom stereocenters. The van der Waals surface area contributed by atoms with E-state index in [9.17, 15) is 13.6 Å². The number of piperidine rings is 1. The van der Waals surface area contributed by atoms with Crippen LogP contribution in [-0.4, -0.2) is 58.2 Å². The van der Waals surface area contributed by atoms with Crippen molar-refractivity contribution < 1.29 is 13.6 Å². The molecule has 2 aliphatic heterocycles. The van der Waals surface area contributed by atoms with Crippen molar-refractivity contribution >= 4 is 34.0 Å². The van der Waals surface area contributed by atoms with E-state index in [1.54, 1.807) is 12.1 Å². The highest BCUT2D eigenvalue weighted by molar-refractivity contribution is 6.11. The highest BCUT2D eigenvalue weighted by Gasteiger charge is 2.44. The number of aromatic amines is 1. The van der Waals surface area contributed by atoms with Crippen molar-refractivity contribution in [3.05, 3.63) is 60.7 Å². The second kappa shape index (κ2) is 8.85. The Morgan fingerprint density at radius 2 is 1.78 bits per heavy atom. The molecule has 10 heteroatoms. The summed E-state index contributed by atoms with van der Waals surface area (Å²) in [5.41, 5.74) is 4.50. The fourth-order valence-electron chi connectivity index (χ4n) is 4.79. The van der Waals surface area contributed by atoms with Crippen LogP contribution in [0.5, 0.6) is 0 Å². The summed E-state index contributed by atoms with van der Waals surface area (Å²) >= 11 is 0. The molecular formula is C26H25F2N7O. The first-order valence-corrected chi connectivity index (χ1v) is 12.0. The smallest absolute Gasteiger partial charge is 0.282 e. The largest absolute Gasteiger partial charge is 0.370 e. The first kappa shape index (κ1) is 22.4. The number of benzene rings is 1. The predicted molar refractivity (Wildman–Crippen MR) is 135 cm³/mol. The first-order chi connectivity index (χ1) is 17.4. The van der Waals surface area contributed by atoms with E-state index in [0.717, 1.165) is 35.4 Å². The standard InChI is InChI=1S/C26H25F2N7O/c27-26(28)15-35(16-26)23-7-5-19(13-30-23)31-25(36)24-21-11-17(4-6-22(21)32-33-24)18-10-20(14-29-12-18)34-8-2-1-3-9-34/h4-7,10-14H,1-3,8-9,15-16H2,(H,31,36)(H,32,33). The SMILES string of the molecule is O=C(Nc1ccc(N2CC(F)(F)C2)nc1)c1n[nH]c2ccc(-c3cncc(N4CCCCC4)c3)cc12. The lowest BCUT2D eigenvalue weighted by Gasteiger charge is -2.39. The van der Waals surface area contributed by atoms with Gasteiger partial charge >= 0.3 is 0 Å². The Hall–Kier alpha value is -4.08. The minimum atomic E-state index is -2.67. The lowest BCUT2D eigenvalue weighted by atomic mass is 10.0. The summed E-state index contributed by atoms with van der Waals surface area (Å²) in [6.07, 6.45) is 8.84. The van der Waals surface area contributed by atoms with Gasteiger partial charge in [0.25, 0.3) is 11.8 Å². The van der Waals surface area contributed by atoms with E-state index >= 15 is 0 Å². The molecule has 0 bridgehead atoms. The monoisotopic (exact) mass is 489 g/mol. The molecule has 0 saturated carbocycles. The predicted octanol–water partition coefficient (Wildman–Crippen LogP) is 4.72. The zero-order chi connectivity index (χ0) is 24.7. The van der Waals surface area contributed by atoms with Crippen molar-refractivity contribution in [2.75, 3.05) is 41.3 Å². The Labute approximate surface area is 206 Å². The molecule has 3 aromatic heterocycles. The number of amides is 1. The number of carbonyl (C=O) groups excluding carboxylic acids is 1. The van der Waals surface area contributed by atoms with E-state index < -0.39 is 5.92 Å². The first-order valence-electron chi connectivity index (χ1n) is 12.0. The number of anilines is 3. The fourth-order valence-corrected chi connectivity index (χ4v) is 4.79. The third kappa shape index (κ3) is 4.34. The van der Waals surface area contributed by atoms with Crippen LogP contribution < -0.4 is 15.1 Å². The summed E-state index contributed by atoms with van der Waals surface area (Å²) < 4.78 is 26.2. The maximum absolute atomic E-state index is 13.1. The molecule has 1 aromatic carbocycles. The summed E-state index contributed by atoms with van der Waals surface area (Å²) in [5, 5.41) is 10.6. The summed E-state index contributed by atoms with van der Waals surface area (Å²) in [6.45, 7) is 1.39. The number of pyridine rings is 2. The number of carbonyl (C=O) groups is 1. The summed E-state index contributed by atoms with van der Waals surface area (Å²) in [7, 11) is 0. The van der Waals surface area contributed by atoms with Gasteiger partial charge in [0.05, 0.1) is 42.4 Å². The van der Waals surface area contributed by atoms with Crippen molar-refractivity contribution in [1.82, 2.24) is 20.2 Å². The van der Waals surface area contributed by atoms with Crippen LogP contribution in [0.4, 0.5) is 26.0 Å². The number of H-pyrrole nitrogens is 1. The highest BCUT2D eigenvalue weighted by atomic mass is 19.3. The van der Waals surface area contributed by atoms with Gasteiger partial charge in [0.15, 0.2) is 5.69 Å². The van der Waals surface area contributed by atoms with Crippen LogP contribution in [-0.2, 0) is 0 Å². The van der Waals surface area contributed by atoms with Gasteiger partial charge in [0.2, 0.25) is 0 Å². The maximum Gasteiger partial charge on any atom is 0.282 e. The molecule has 0 aliphatic carbocycles. The van der Waals surface area contributed by atoms with Crippen LogP contribution in [0.1, 0.15) is 29.8 Å². The van der Waals surface area contributed by atoms with Crippen molar-refractivity contribution in [2.45, 2.75) is 25.2 Å². The van der Waals surface area contributed by atoms with E-state index in [1.165, 1.54) is 30.4 Å². The molecule has 1 amide bonds. The van der Waals surface area contributed by atoms with E-state index in [4.69, 9.17) is 0 Å². The van der Waals surface area contributed by atoms with Crippen LogP contribution in [0.3, 0.4) is 0 Å². The molecule has 5 heterocycles. The number of hydrogen-bond acceptors (Lipinski definition) is 6. The lowest BCUT2D eigenvalue weighted by molar-refractivity contribution is -0.0267. The van der Waals surface area contributed by atoms with Gasteiger partial charge in [-0.25, -0.2) is 13.8 Å². The molecule has 0 unspecified atom stereocenters. The Balaban J connectivity index is 1.21. The van der Waals surface area contributed by atoms with Crippen LogP contribution in [0.25, 0.3) is 22.0 Å². The number of nitrogens with zero attached hydrogens (tertiary/aromatic N) is 5. The normalized spacial score (nSPS) is 17.2. The molecule has 2 N–H and O–H groups in total. The van der Waals surface area contributed by atoms with E-state index in [2.05, 4.69) is 36.4 Å². The van der Waals surface area contributed by atoms with Crippen molar-refractivity contribution in [1.29, 1.82) is 0 Å². The number of fused-ring (bicyclic) bond motifs is 1. The number of nitrogens with one attached hydrogen (secondary N) is 2. The molecule has 8 nitrogen and oxygen atoms in total. The van der Waals surface area contributed by atoms with Gasteiger partial charge in [0, 0.05) is 30.2 Å². The maximum atomic E-state index is 13.1. The van der Waals surface area contributed by atoms with E-state index in [1.807, 2.05) is 30.6 Å². The third-order valence-corrected chi connectivity index (χ3v) is 6.73. The molecule has 6 rings (SSSR count). The zero-order valence-electron chi connectivity index (χ0n) is 19.5. The number of rotatable bonds is 5. The summed E-state index contributed by atoms with van der Waals surface area (Å²) in [5.74, 6) is -2.60. The van der Waals surface area contributed by atoms with E-state index in [-0.39, 0.29) is 24.7 Å². The van der Waals surface area contributed by atoms with Gasteiger partial charge in [-0.1, -0.05) is 6.07 Å². The molecule has 184 valence electrons. The second-order valence-electron chi connectivity index (χ2n) is 9.38. The van der Waals surface area contributed by atoms with Gasteiger partial charge in [-0.3, -0.25) is 14.9 Å². The Morgan fingerprint density at radius 1 is 0.944 bits per heavy atom. The van der Waals surface area contributed by atoms with Crippen LogP contribution in [0.2, 0.25) is 0 Å². The Morgan fingerprint density at radius 3 is 2.53 bits per heavy atom. The topological polar surface area (TPSA) is 90.0 Å². The average Bonchev–Trinajstić information content (AvgIpc) is 3.32. The van der Waals surface area contributed by atoms with Gasteiger partial charge < -0.3 is 15.1 Å². The van der Waals surface area contributed by atoms with Crippen LogP contribution in [0.15, 0.2) is 55.0 Å². The summed E-state index contributed by atoms with van der Waals surface area (Å²) in [6, 6.07) is 11.2. The highest BCUT2D eigenvalue weighted by Crippen LogP contribution is 2.31. The molecule has 4 aromatic rings. The molecule has 0 spiro atoms. The number of aromatic nitrogens is 4. The van der Waals surface area contributed by atoms with Crippen molar-refractivity contribution in [3.63, 3.8) is 0 Å². The van der Waals surface area contributed by atoms with Crippen molar-refractivity contribution in [2.24, 2.45) is 0 Å². The molecule has 2 saturated heterocycles. The molecule has 2 aliphatic rings. The van der Waals surface area contributed by atoms with Crippen LogP contribution in [0, 0.1) is 0 Å². The molecule has 36 heavy (non-hydrogen) atoms. The van der Waals surface area contributed by atoms with Crippen molar-refractivity contribution in [3.8, 4) is 11.1 Å². The number of hydrogen-bond donors (Lipinski definition) is 2. The van der Waals surface area contributed by atoms with Gasteiger partial charge in [0.1, 0.15) is 5.82 Å². The average molecular weight is 490 g/mol. The Kier molecular flexibility index (Phi) is 5.50. The molecule has 2 fully saturated rings. The summed E-state index contributed by atoms with van der Waals surface area (Å²) in [4.78, 5) is 25.5. The van der Waals surface area contributed by atoms with Gasteiger partial charge in [-0.05, 0) is 55.2 Å². The van der Waals surface area contributed by atoms with Gasteiger partial charge in [-0.15, -0.1) is 0 Å². The quantitative estimate of drug-likeness (QED) is 0.422. The Bertz CT molecular complexity index is 1410. The van der Waals surface area contributed by atoms with Gasteiger partial charge in [-0.2, -0.15) is 5.10 Å². The second-order valence-corrected chi connectivity index (χ2v) is 9.38. The zero-order valence-corrected chi connectivity index (χ0v) is 19.5. The molecular weight excluding hydrogens is 464 g/mol. The molecule has 0 radical (unpaired) electrons. The van der Waals surface area contributed by atoms with Crippen LogP contribution >= 0.6 is 0 Å². The number of alkyl halides is 2. The minimum absolute atomic E-state index is 0.262.